The minimum absolute atomic E-state index is 0.324. The molecular weight excluding hydrogens is 261 g/mol. The van der Waals surface area contributed by atoms with Gasteiger partial charge in [-0.25, -0.2) is 9.18 Å². The number of nitrogens with zero attached hydrogens (tertiary/aromatic N) is 3. The van der Waals surface area contributed by atoms with E-state index in [0.29, 0.717) is 22.7 Å². The molecule has 102 valence electrons. The first-order valence-electron chi connectivity index (χ1n) is 6.24. The minimum atomic E-state index is -1.09. The van der Waals surface area contributed by atoms with Gasteiger partial charge in [-0.1, -0.05) is 0 Å². The Hall–Kier alpha value is -2.50. The van der Waals surface area contributed by atoms with E-state index in [9.17, 15) is 9.18 Å². The fraction of sp³-hybridized carbons (Fsp3) is 0.214. The molecule has 1 saturated carbocycles. The number of hydrogen-bond donors (Lipinski definition) is 1. The summed E-state index contributed by atoms with van der Waals surface area (Å²) < 4.78 is 15.8. The SMILES string of the molecule is O=C(O)C=Cc1cncc(F)c1-c1cnn(C2CC2)c1. The smallest absolute Gasteiger partial charge is 0.328 e. The van der Waals surface area contributed by atoms with Crippen molar-refractivity contribution in [3.63, 3.8) is 0 Å². The monoisotopic (exact) mass is 273 g/mol. The van der Waals surface area contributed by atoms with Gasteiger partial charge in [0.2, 0.25) is 0 Å². The van der Waals surface area contributed by atoms with E-state index in [2.05, 4.69) is 10.1 Å². The molecule has 0 unspecified atom stereocenters. The van der Waals surface area contributed by atoms with Gasteiger partial charge in [0.15, 0.2) is 0 Å². The summed E-state index contributed by atoms with van der Waals surface area (Å²) >= 11 is 0. The van der Waals surface area contributed by atoms with E-state index in [0.717, 1.165) is 25.1 Å². The average Bonchev–Trinajstić information content (AvgIpc) is 3.15. The van der Waals surface area contributed by atoms with Crippen LogP contribution in [0.5, 0.6) is 0 Å². The van der Waals surface area contributed by atoms with Gasteiger partial charge in [0.1, 0.15) is 5.82 Å². The van der Waals surface area contributed by atoms with Gasteiger partial charge in [0.05, 0.1) is 18.4 Å². The average molecular weight is 273 g/mol. The Morgan fingerprint density at radius 2 is 2.20 bits per heavy atom. The molecule has 1 fully saturated rings. The normalized spacial score (nSPS) is 14.8. The Morgan fingerprint density at radius 1 is 1.40 bits per heavy atom. The first-order valence-corrected chi connectivity index (χ1v) is 6.24. The van der Waals surface area contributed by atoms with Crippen LogP contribution in [0.15, 0.2) is 30.9 Å². The van der Waals surface area contributed by atoms with E-state index >= 15 is 0 Å². The van der Waals surface area contributed by atoms with Gasteiger partial charge < -0.3 is 5.11 Å². The number of hydrogen-bond acceptors (Lipinski definition) is 3. The molecule has 0 bridgehead atoms. The Labute approximate surface area is 114 Å². The highest BCUT2D eigenvalue weighted by molar-refractivity contribution is 5.87. The molecule has 1 aliphatic carbocycles. The molecule has 0 aliphatic heterocycles. The third-order valence-electron chi connectivity index (χ3n) is 3.15. The molecular formula is C14H12FN3O2. The fourth-order valence-electron chi connectivity index (χ4n) is 2.05. The molecule has 0 amide bonds. The summed E-state index contributed by atoms with van der Waals surface area (Å²) in [5.41, 5.74) is 1.37. The second-order valence-electron chi connectivity index (χ2n) is 4.70. The van der Waals surface area contributed by atoms with Crippen LogP contribution in [0.2, 0.25) is 0 Å². The second-order valence-corrected chi connectivity index (χ2v) is 4.70. The summed E-state index contributed by atoms with van der Waals surface area (Å²) in [6.45, 7) is 0. The lowest BCUT2D eigenvalue weighted by molar-refractivity contribution is -0.131. The van der Waals surface area contributed by atoms with Crippen LogP contribution in [0.3, 0.4) is 0 Å². The fourth-order valence-corrected chi connectivity index (χ4v) is 2.05. The third kappa shape index (κ3) is 2.45. The van der Waals surface area contributed by atoms with Crippen molar-refractivity contribution in [1.82, 2.24) is 14.8 Å². The molecule has 2 aromatic rings. The lowest BCUT2D eigenvalue weighted by atomic mass is 10.0. The van der Waals surface area contributed by atoms with Crippen LogP contribution in [0, 0.1) is 5.82 Å². The van der Waals surface area contributed by atoms with E-state index in [1.165, 1.54) is 12.3 Å². The molecule has 0 aromatic carbocycles. The standard InChI is InChI=1S/C14H12FN3O2/c15-12-7-16-5-9(1-4-13(19)20)14(12)10-6-17-18(8-10)11-2-3-11/h1,4-8,11H,2-3H2,(H,19,20). The largest absolute Gasteiger partial charge is 0.478 e. The zero-order valence-electron chi connectivity index (χ0n) is 10.5. The van der Waals surface area contributed by atoms with Crippen molar-refractivity contribution in [3.05, 3.63) is 42.2 Å². The van der Waals surface area contributed by atoms with Crippen molar-refractivity contribution in [2.75, 3.05) is 0 Å². The Bertz CT molecular complexity index is 689. The summed E-state index contributed by atoms with van der Waals surface area (Å²) in [6.07, 6.45) is 10.4. The van der Waals surface area contributed by atoms with Crippen LogP contribution in [0.25, 0.3) is 17.2 Å². The highest BCUT2D eigenvalue weighted by atomic mass is 19.1. The van der Waals surface area contributed by atoms with Gasteiger partial charge in [0, 0.05) is 35.2 Å². The summed E-state index contributed by atoms with van der Waals surface area (Å²) in [6, 6.07) is 0.409. The van der Waals surface area contributed by atoms with Crippen molar-refractivity contribution in [1.29, 1.82) is 0 Å². The maximum atomic E-state index is 14.0. The van der Waals surface area contributed by atoms with Gasteiger partial charge in [-0.2, -0.15) is 5.10 Å². The number of carbonyl (C=O) groups is 1. The molecule has 1 aliphatic rings. The zero-order valence-corrected chi connectivity index (χ0v) is 10.5. The lowest BCUT2D eigenvalue weighted by Gasteiger charge is -2.04. The third-order valence-corrected chi connectivity index (χ3v) is 3.15. The van der Waals surface area contributed by atoms with E-state index in [-0.39, 0.29) is 0 Å². The van der Waals surface area contributed by atoms with Crippen molar-refractivity contribution in [3.8, 4) is 11.1 Å². The van der Waals surface area contributed by atoms with Gasteiger partial charge in [0.25, 0.3) is 0 Å². The number of rotatable bonds is 4. The van der Waals surface area contributed by atoms with Crippen LogP contribution in [-0.4, -0.2) is 25.8 Å². The summed E-state index contributed by atoms with van der Waals surface area (Å²) in [5.74, 6) is -1.58. The first-order chi connectivity index (χ1) is 9.65. The maximum absolute atomic E-state index is 14.0. The molecule has 20 heavy (non-hydrogen) atoms. The van der Waals surface area contributed by atoms with Crippen molar-refractivity contribution >= 4 is 12.0 Å². The molecule has 2 aromatic heterocycles. The second kappa shape index (κ2) is 4.88. The topological polar surface area (TPSA) is 68.0 Å². The Kier molecular flexibility index (Phi) is 3.06. The van der Waals surface area contributed by atoms with Crippen LogP contribution < -0.4 is 0 Å². The predicted octanol–water partition coefficient (Wildman–Crippen LogP) is 2.52. The molecule has 0 atom stereocenters. The van der Waals surface area contributed by atoms with Gasteiger partial charge >= 0.3 is 5.97 Å². The van der Waals surface area contributed by atoms with Crippen LogP contribution in [0.1, 0.15) is 24.4 Å². The number of carboxylic acids is 1. The number of halogens is 1. The number of aromatic nitrogens is 3. The van der Waals surface area contributed by atoms with Crippen molar-refractivity contribution in [2.24, 2.45) is 0 Å². The molecule has 3 rings (SSSR count). The van der Waals surface area contributed by atoms with E-state index < -0.39 is 11.8 Å². The predicted molar refractivity (Wildman–Crippen MR) is 70.4 cm³/mol. The number of carboxylic acid groups (broad SMARTS) is 1. The highest BCUT2D eigenvalue weighted by Crippen LogP contribution is 2.36. The summed E-state index contributed by atoms with van der Waals surface area (Å²) in [5, 5.41) is 12.9. The maximum Gasteiger partial charge on any atom is 0.328 e. The van der Waals surface area contributed by atoms with Gasteiger partial charge in [-0.15, -0.1) is 0 Å². The van der Waals surface area contributed by atoms with Gasteiger partial charge in [-0.3, -0.25) is 9.67 Å². The quantitative estimate of drug-likeness (QED) is 0.869. The molecule has 1 N–H and O–H groups in total. The Balaban J connectivity index is 2.03. The van der Waals surface area contributed by atoms with E-state index in [4.69, 9.17) is 5.11 Å². The summed E-state index contributed by atoms with van der Waals surface area (Å²) in [7, 11) is 0. The summed E-state index contributed by atoms with van der Waals surface area (Å²) in [4.78, 5) is 14.3. The van der Waals surface area contributed by atoms with Crippen LogP contribution in [-0.2, 0) is 4.79 Å². The Morgan fingerprint density at radius 3 is 2.90 bits per heavy atom. The minimum Gasteiger partial charge on any atom is -0.478 e. The van der Waals surface area contributed by atoms with Crippen LogP contribution in [0.4, 0.5) is 4.39 Å². The van der Waals surface area contributed by atoms with E-state index in [1.807, 2.05) is 4.68 Å². The zero-order chi connectivity index (χ0) is 14.1. The lowest BCUT2D eigenvalue weighted by Crippen LogP contribution is -1.93. The molecule has 0 saturated heterocycles. The number of aliphatic carboxylic acids is 1. The van der Waals surface area contributed by atoms with E-state index in [1.54, 1.807) is 12.4 Å². The van der Waals surface area contributed by atoms with Crippen molar-refractivity contribution < 1.29 is 14.3 Å². The van der Waals surface area contributed by atoms with Crippen LogP contribution >= 0.6 is 0 Å². The molecule has 2 heterocycles. The molecule has 0 spiro atoms. The van der Waals surface area contributed by atoms with Crippen molar-refractivity contribution in [2.45, 2.75) is 18.9 Å². The highest BCUT2D eigenvalue weighted by Gasteiger charge is 2.25. The molecule has 5 nitrogen and oxygen atoms in total. The molecule has 6 heteroatoms. The molecule has 0 radical (unpaired) electrons. The van der Waals surface area contributed by atoms with Gasteiger partial charge in [-0.05, 0) is 18.9 Å². The number of pyridine rings is 1. The first kappa shape index (κ1) is 12.5.